The predicted molar refractivity (Wildman–Crippen MR) is 149 cm³/mol. The third-order valence-corrected chi connectivity index (χ3v) is 7.31. The Hall–Kier alpha value is -4.19. The Morgan fingerprint density at radius 1 is 1.07 bits per heavy atom. The highest BCUT2D eigenvalue weighted by Crippen LogP contribution is 2.42. The third kappa shape index (κ3) is 6.17. The number of thioether (sulfide) groups is 1. The smallest absolute Gasteiger partial charge is 0.408 e. The zero-order valence-electron chi connectivity index (χ0n) is 22.9. The maximum absolute atomic E-state index is 13.6. The summed E-state index contributed by atoms with van der Waals surface area (Å²) < 4.78 is 16.1. The number of nitrogens with zero attached hydrogens (tertiary/aromatic N) is 2. The second-order valence-corrected chi connectivity index (χ2v) is 11.1. The molecule has 40 heavy (non-hydrogen) atoms. The van der Waals surface area contributed by atoms with E-state index >= 15 is 0 Å². The summed E-state index contributed by atoms with van der Waals surface area (Å²) in [5.41, 5.74) is 0.702. The van der Waals surface area contributed by atoms with E-state index < -0.39 is 41.0 Å². The Labute approximate surface area is 236 Å². The van der Waals surface area contributed by atoms with Crippen molar-refractivity contribution in [1.29, 1.82) is 0 Å². The van der Waals surface area contributed by atoms with Crippen LogP contribution in [-0.4, -0.2) is 65.8 Å². The number of amides is 4. The van der Waals surface area contributed by atoms with Gasteiger partial charge in [0.1, 0.15) is 29.4 Å². The number of ether oxygens (including phenoxy) is 3. The van der Waals surface area contributed by atoms with E-state index in [0.29, 0.717) is 17.0 Å². The number of anilines is 1. The van der Waals surface area contributed by atoms with Crippen LogP contribution in [0.2, 0.25) is 0 Å². The Kier molecular flexibility index (Phi) is 8.58. The lowest BCUT2D eigenvalue weighted by molar-refractivity contribution is -0.152. The van der Waals surface area contributed by atoms with Gasteiger partial charge in [-0.05, 0) is 50.6 Å². The number of methoxy groups -OCH3 is 1. The molecule has 212 valence electrons. The van der Waals surface area contributed by atoms with E-state index in [1.807, 2.05) is 6.07 Å². The summed E-state index contributed by atoms with van der Waals surface area (Å²) in [5.74, 6) is -0.436. The van der Waals surface area contributed by atoms with Crippen molar-refractivity contribution in [3.05, 3.63) is 71.6 Å². The maximum atomic E-state index is 13.6. The number of nitrogens with one attached hydrogen (secondary N) is 2. The summed E-state index contributed by atoms with van der Waals surface area (Å²) in [7, 11) is 3.04. The number of hydrogen-bond acceptors (Lipinski definition) is 8. The minimum atomic E-state index is -0.907. The van der Waals surface area contributed by atoms with Crippen LogP contribution in [0.25, 0.3) is 0 Å². The van der Waals surface area contributed by atoms with Crippen molar-refractivity contribution in [2.45, 2.75) is 44.4 Å². The predicted octanol–water partition coefficient (Wildman–Crippen LogP) is 3.60. The minimum absolute atomic E-state index is 0.0584. The van der Waals surface area contributed by atoms with E-state index in [1.54, 1.807) is 76.4 Å². The second-order valence-electron chi connectivity index (χ2n) is 9.98. The van der Waals surface area contributed by atoms with E-state index in [2.05, 4.69) is 10.6 Å². The van der Waals surface area contributed by atoms with Crippen LogP contribution in [0.3, 0.4) is 0 Å². The summed E-state index contributed by atoms with van der Waals surface area (Å²) in [4.78, 5) is 55.1. The first kappa shape index (κ1) is 28.8. The lowest BCUT2D eigenvalue weighted by atomic mass is 10.0. The quantitative estimate of drug-likeness (QED) is 0.383. The molecule has 0 bridgehead atoms. The lowest BCUT2D eigenvalue weighted by Gasteiger charge is -2.50. The van der Waals surface area contributed by atoms with Gasteiger partial charge in [-0.25, -0.2) is 14.4 Å². The fourth-order valence-electron chi connectivity index (χ4n) is 4.22. The van der Waals surface area contributed by atoms with Crippen LogP contribution in [0, 0.1) is 0 Å². The van der Waals surface area contributed by atoms with Crippen LogP contribution < -0.4 is 20.3 Å². The second kappa shape index (κ2) is 11.9. The fraction of sp³-hybridized carbons (Fsp3) is 0.357. The summed E-state index contributed by atoms with van der Waals surface area (Å²) in [6, 6.07) is 14.4. The SMILES string of the molecule is CNC(=O)N(C1=C(C(=O)OCc2ccc(OC)cc2)N2C(=O)C(NC(=O)OC(C)(C)C)[C@@H]2SC1)c1ccccc1. The van der Waals surface area contributed by atoms with Crippen LogP contribution >= 0.6 is 11.8 Å². The van der Waals surface area contributed by atoms with Gasteiger partial charge in [0, 0.05) is 12.8 Å². The van der Waals surface area contributed by atoms with Gasteiger partial charge in [0.2, 0.25) is 0 Å². The molecule has 2 aromatic carbocycles. The molecule has 11 nitrogen and oxygen atoms in total. The molecule has 4 amide bonds. The number of carbonyl (C=O) groups is 4. The molecule has 2 N–H and O–H groups in total. The number of benzene rings is 2. The Morgan fingerprint density at radius 2 is 1.75 bits per heavy atom. The number of urea groups is 1. The number of carbonyl (C=O) groups excluding carboxylic acids is 4. The molecule has 0 radical (unpaired) electrons. The number of para-hydroxylation sites is 1. The molecule has 2 aliphatic heterocycles. The van der Waals surface area contributed by atoms with Crippen molar-refractivity contribution >= 4 is 41.5 Å². The molecule has 1 saturated heterocycles. The molecule has 0 spiro atoms. The van der Waals surface area contributed by atoms with Crippen molar-refractivity contribution in [2.75, 3.05) is 24.8 Å². The third-order valence-electron chi connectivity index (χ3n) is 6.04. The number of β-lactam (4-membered cyclic amide) rings is 1. The van der Waals surface area contributed by atoms with Gasteiger partial charge in [-0.3, -0.25) is 14.6 Å². The molecule has 0 aromatic heterocycles. The number of fused-ring (bicyclic) bond motifs is 1. The van der Waals surface area contributed by atoms with Gasteiger partial charge >= 0.3 is 18.1 Å². The average molecular weight is 569 g/mol. The lowest BCUT2D eigenvalue weighted by Crippen LogP contribution is -2.71. The highest BCUT2D eigenvalue weighted by Gasteiger charge is 2.56. The molecule has 12 heteroatoms. The molecular weight excluding hydrogens is 536 g/mol. The first-order chi connectivity index (χ1) is 19.0. The summed E-state index contributed by atoms with van der Waals surface area (Å²) >= 11 is 1.32. The van der Waals surface area contributed by atoms with Crippen LogP contribution in [-0.2, 0) is 25.7 Å². The van der Waals surface area contributed by atoms with Gasteiger partial charge in [-0.15, -0.1) is 11.8 Å². The summed E-state index contributed by atoms with van der Waals surface area (Å²) in [6.45, 7) is 5.10. The van der Waals surface area contributed by atoms with Crippen molar-refractivity contribution in [1.82, 2.24) is 15.5 Å². The number of rotatable bonds is 7. The Balaban J connectivity index is 1.67. The molecule has 2 atom stereocenters. The van der Waals surface area contributed by atoms with E-state index in [4.69, 9.17) is 14.2 Å². The van der Waals surface area contributed by atoms with E-state index in [9.17, 15) is 19.2 Å². The first-order valence-electron chi connectivity index (χ1n) is 12.6. The standard InChI is InChI=1S/C28H32N4O7S/c1-28(2,3)39-27(36)30-21-23(33)32-22(25(34)38-15-17-11-13-19(37-5)14-12-17)20(16-40-24(21)32)31(26(35)29-4)18-9-7-6-8-10-18/h6-14,21,24H,15-16H2,1-5H3,(H,29,35)(H,30,36)/t21?,24-/m0/s1. The van der Waals surface area contributed by atoms with Gasteiger partial charge in [0.05, 0.1) is 18.5 Å². The largest absolute Gasteiger partial charge is 0.497 e. The topological polar surface area (TPSA) is 127 Å². The molecule has 0 saturated carbocycles. The highest BCUT2D eigenvalue weighted by molar-refractivity contribution is 8.00. The van der Waals surface area contributed by atoms with Gasteiger partial charge in [0.15, 0.2) is 5.70 Å². The van der Waals surface area contributed by atoms with Crippen LogP contribution in [0.4, 0.5) is 15.3 Å². The number of alkyl carbamates (subject to hydrolysis) is 1. The normalized spacial score (nSPS) is 18.2. The van der Waals surface area contributed by atoms with E-state index in [1.165, 1.54) is 28.6 Å². The molecule has 0 aliphatic carbocycles. The van der Waals surface area contributed by atoms with Crippen LogP contribution in [0.1, 0.15) is 26.3 Å². The molecular formula is C28H32N4O7S. The van der Waals surface area contributed by atoms with Crippen molar-refractivity contribution < 1.29 is 33.4 Å². The molecule has 2 aliphatic rings. The van der Waals surface area contributed by atoms with Crippen LogP contribution in [0.15, 0.2) is 66.0 Å². The zero-order valence-corrected chi connectivity index (χ0v) is 23.7. The molecule has 4 rings (SSSR count). The van der Waals surface area contributed by atoms with Crippen molar-refractivity contribution in [3.8, 4) is 5.75 Å². The Morgan fingerprint density at radius 3 is 2.35 bits per heavy atom. The van der Waals surface area contributed by atoms with Crippen LogP contribution in [0.5, 0.6) is 5.75 Å². The minimum Gasteiger partial charge on any atom is -0.497 e. The number of hydrogen-bond donors (Lipinski definition) is 2. The average Bonchev–Trinajstić information content (AvgIpc) is 2.94. The monoisotopic (exact) mass is 568 g/mol. The number of esters is 1. The Bertz CT molecular complexity index is 1310. The van der Waals surface area contributed by atoms with Gasteiger partial charge in [-0.1, -0.05) is 30.3 Å². The van der Waals surface area contributed by atoms with Gasteiger partial charge in [0.25, 0.3) is 5.91 Å². The fourth-order valence-corrected chi connectivity index (χ4v) is 5.55. The molecule has 2 aromatic rings. The van der Waals surface area contributed by atoms with Crippen molar-refractivity contribution in [2.24, 2.45) is 0 Å². The molecule has 2 heterocycles. The highest BCUT2D eigenvalue weighted by atomic mass is 32.2. The maximum Gasteiger partial charge on any atom is 0.408 e. The zero-order chi connectivity index (χ0) is 29.0. The summed E-state index contributed by atoms with van der Waals surface area (Å²) in [6.07, 6.45) is -0.735. The van der Waals surface area contributed by atoms with E-state index in [-0.39, 0.29) is 23.8 Å². The van der Waals surface area contributed by atoms with Crippen molar-refractivity contribution in [3.63, 3.8) is 0 Å². The van der Waals surface area contributed by atoms with E-state index in [0.717, 1.165) is 0 Å². The van der Waals surface area contributed by atoms with Gasteiger partial charge < -0.3 is 24.8 Å². The van der Waals surface area contributed by atoms with Gasteiger partial charge in [-0.2, -0.15) is 0 Å². The molecule has 1 unspecified atom stereocenters. The first-order valence-corrected chi connectivity index (χ1v) is 13.6. The summed E-state index contributed by atoms with van der Waals surface area (Å²) in [5, 5.41) is 4.62. The molecule has 1 fully saturated rings.